The largest absolute Gasteiger partial charge is 1.00 e. The van der Waals surface area contributed by atoms with Gasteiger partial charge in [0.05, 0.1) is 0 Å². The van der Waals surface area contributed by atoms with E-state index in [9.17, 15) is 33.9 Å². The van der Waals surface area contributed by atoms with Crippen LogP contribution in [0.15, 0.2) is 0 Å². The molecule has 83 valence electrons. The zero-order valence-electron chi connectivity index (χ0n) is 10.8. The van der Waals surface area contributed by atoms with E-state index >= 15 is 0 Å². The second kappa shape index (κ2) is 10.9. The third kappa shape index (κ3) is 6.02. The molecule has 0 N–H and O–H groups in total. The number of nitrogens with zero attached hydrogens (tertiary/aromatic N) is 1. The molecule has 1 saturated heterocycles. The van der Waals surface area contributed by atoms with E-state index in [1.165, 1.54) is 0 Å². The van der Waals surface area contributed by atoms with Crippen LogP contribution in [0.4, 0.5) is 0 Å². The zero-order valence-corrected chi connectivity index (χ0v) is 20.6. The molecule has 1 radical (unpaired) electrons. The number of hydrogen-bond donors (Lipinski definition) is 0. The van der Waals surface area contributed by atoms with Crippen molar-refractivity contribution < 1.29 is 152 Å². The fourth-order valence-corrected chi connectivity index (χ4v) is 4.27. The van der Waals surface area contributed by atoms with Gasteiger partial charge < -0.3 is 28.7 Å². The Bertz CT molecular complexity index is 309. The smallest absolute Gasteiger partial charge is 0.809 e. The van der Waals surface area contributed by atoms with Crippen LogP contribution in [-0.4, -0.2) is 16.6 Å². The van der Waals surface area contributed by atoms with Gasteiger partial charge in [-0.05, 0) is 28.0 Å². The fraction of sp³-hybridized carbons (Fsp3) is 1.00. The molecular weight excluding hydrogens is 328 g/mol. The first-order valence-electron chi connectivity index (χ1n) is 3.62. The van der Waals surface area contributed by atoms with Crippen LogP contribution >= 0.6 is 15.2 Å². The first-order chi connectivity index (χ1) is 6.13. The average molecular weight is 334 g/mol. The van der Waals surface area contributed by atoms with E-state index in [4.69, 9.17) is 0 Å². The van der Waals surface area contributed by atoms with Crippen LogP contribution < -0.4 is 138 Å². The van der Waals surface area contributed by atoms with Gasteiger partial charge in [-0.2, -0.15) is 0 Å². The van der Waals surface area contributed by atoms with Crippen molar-refractivity contribution in [2.45, 2.75) is 17.9 Å². The molecule has 0 aromatic carbocycles. The van der Waals surface area contributed by atoms with Crippen LogP contribution in [0.1, 0.15) is 12.8 Å². The number of hydrogen-bond acceptors (Lipinski definition) is 7. The van der Waals surface area contributed by atoms with Crippen molar-refractivity contribution in [1.29, 1.82) is 0 Å². The Morgan fingerprint density at radius 3 is 1.33 bits per heavy atom. The quantitative estimate of drug-likeness (QED) is 0.359. The maximum absolute atomic E-state index is 11.0. The van der Waals surface area contributed by atoms with Crippen molar-refractivity contribution in [2.24, 2.45) is 0 Å². The molecule has 0 aromatic heterocycles. The standard InChI is InChI=1S/C4H10NO7P2.4Na/c6-5-3-1-2-4(5,13(7,8)9)14(10,11)12;;;;/h1-3H2,(H2,7,8,9)(H2,10,11,12);;;;/q;4*+1/p-4. The molecule has 0 spiro atoms. The summed E-state index contributed by atoms with van der Waals surface area (Å²) in [6.07, 6.45) is -0.850. The number of rotatable bonds is 2. The average Bonchev–Trinajstić information content (AvgIpc) is 2.27. The summed E-state index contributed by atoms with van der Waals surface area (Å²) in [7, 11) is -11.6. The summed E-state index contributed by atoms with van der Waals surface area (Å²) < 4.78 is 21.3. The van der Waals surface area contributed by atoms with Crippen molar-refractivity contribution >= 4 is 15.2 Å². The summed E-state index contributed by atoms with van der Waals surface area (Å²) in [5.41, 5.74) is 0. The molecule has 0 amide bonds. The number of hydroxylamine groups is 2. The van der Waals surface area contributed by atoms with Gasteiger partial charge in [0.25, 0.3) is 0 Å². The van der Waals surface area contributed by atoms with E-state index in [0.717, 1.165) is 0 Å². The van der Waals surface area contributed by atoms with Gasteiger partial charge in [0.15, 0.2) is 0 Å². The normalized spacial score (nSPS) is 18.7. The Hall–Kier alpha value is 4.22. The van der Waals surface area contributed by atoms with Crippen molar-refractivity contribution in [1.82, 2.24) is 5.06 Å². The topological polar surface area (TPSA) is 150 Å². The van der Waals surface area contributed by atoms with Crippen molar-refractivity contribution in [3.8, 4) is 0 Å². The summed E-state index contributed by atoms with van der Waals surface area (Å²) >= 11 is 0. The van der Waals surface area contributed by atoms with E-state index in [2.05, 4.69) is 0 Å². The predicted octanol–water partition coefficient (Wildman–Crippen LogP) is -15.1. The SMILES string of the molecule is [Na+].[Na+].[Na+].[Na+].[O]N1CCCC1(P(=O)([O-])[O-])P(=O)([O-])[O-]. The minimum atomic E-state index is -5.80. The second-order valence-corrected chi connectivity index (χ2v) is 6.80. The molecule has 0 aromatic rings. The molecule has 1 heterocycles. The molecule has 1 fully saturated rings. The Morgan fingerprint density at radius 1 is 0.889 bits per heavy atom. The van der Waals surface area contributed by atoms with Crippen LogP contribution in [0, 0.1) is 0 Å². The molecule has 1 rings (SSSR count). The summed E-state index contributed by atoms with van der Waals surface area (Å²) in [5.74, 6) is 0. The van der Waals surface area contributed by atoms with E-state index in [0.29, 0.717) is 0 Å². The van der Waals surface area contributed by atoms with Crippen LogP contribution in [0.5, 0.6) is 0 Å². The van der Waals surface area contributed by atoms with E-state index in [1.807, 2.05) is 0 Å². The van der Waals surface area contributed by atoms with Gasteiger partial charge in [-0.15, -0.1) is 10.3 Å². The first kappa shape index (κ1) is 30.1. The molecule has 0 bridgehead atoms. The molecule has 14 heteroatoms. The Labute approximate surface area is 193 Å². The van der Waals surface area contributed by atoms with Gasteiger partial charge >= 0.3 is 118 Å². The van der Waals surface area contributed by atoms with Gasteiger partial charge in [0.1, 0.15) is 5.02 Å². The predicted molar refractivity (Wildman–Crippen MR) is 34.6 cm³/mol. The van der Waals surface area contributed by atoms with Gasteiger partial charge in [0, 0.05) is 6.54 Å². The van der Waals surface area contributed by atoms with E-state index in [-0.39, 0.29) is 125 Å². The minimum absolute atomic E-state index is 0. The fourth-order valence-electron chi connectivity index (χ4n) is 1.46. The molecule has 8 nitrogen and oxygen atoms in total. The monoisotopic (exact) mass is 334 g/mol. The summed E-state index contributed by atoms with van der Waals surface area (Å²) in [6.45, 7) is -0.442. The van der Waals surface area contributed by atoms with Crippen molar-refractivity contribution in [2.75, 3.05) is 6.54 Å². The van der Waals surface area contributed by atoms with Gasteiger partial charge in [-0.3, -0.25) is 0 Å². The van der Waals surface area contributed by atoms with Crippen molar-refractivity contribution in [3.63, 3.8) is 0 Å². The molecular formula is C4H6NNa4O7P2. The van der Waals surface area contributed by atoms with Crippen molar-refractivity contribution in [3.05, 3.63) is 0 Å². The van der Waals surface area contributed by atoms with Crippen LogP contribution in [0.3, 0.4) is 0 Å². The summed E-state index contributed by atoms with van der Waals surface area (Å²) in [5, 5.41) is 7.22. The van der Waals surface area contributed by atoms with Gasteiger partial charge in [0.2, 0.25) is 0 Å². The molecule has 0 aliphatic carbocycles. The Morgan fingerprint density at radius 2 is 1.22 bits per heavy atom. The van der Waals surface area contributed by atoms with E-state index in [1.54, 1.807) is 0 Å². The Balaban J connectivity index is -0.000000245. The van der Waals surface area contributed by atoms with E-state index < -0.39 is 38.2 Å². The Kier molecular flexibility index (Phi) is 18.2. The molecule has 0 saturated carbocycles. The maximum atomic E-state index is 11.0. The van der Waals surface area contributed by atoms with Crippen LogP contribution in [0.25, 0.3) is 0 Å². The van der Waals surface area contributed by atoms with Gasteiger partial charge in [-0.25, -0.2) is 0 Å². The third-order valence-electron chi connectivity index (χ3n) is 2.15. The zero-order chi connectivity index (χ0) is 11.2. The molecule has 1 aliphatic rings. The molecule has 18 heavy (non-hydrogen) atoms. The summed E-state index contributed by atoms with van der Waals surface area (Å²) in [6, 6.07) is 0. The van der Waals surface area contributed by atoms with Crippen LogP contribution in [-0.2, 0) is 14.3 Å². The van der Waals surface area contributed by atoms with Crippen LogP contribution in [0.2, 0.25) is 0 Å². The minimum Gasteiger partial charge on any atom is -0.809 e. The molecule has 0 unspecified atom stereocenters. The van der Waals surface area contributed by atoms with Gasteiger partial charge in [-0.1, -0.05) is 0 Å². The molecule has 0 atom stereocenters. The molecule has 1 aliphatic heterocycles. The second-order valence-electron chi connectivity index (χ2n) is 2.97. The first-order valence-corrected chi connectivity index (χ1v) is 6.70. The summed E-state index contributed by atoms with van der Waals surface area (Å²) in [4.78, 5) is 42.7. The maximum Gasteiger partial charge on any atom is 1.00 e. The third-order valence-corrected chi connectivity index (χ3v) is 6.27.